The Hall–Kier alpha value is -0.970. The standard InChI is InChI=1S/C7H10ClNO4/c1-13-6(10)5-2-4(8)3-9(5)7(11)12/h4-5H,2-3H2,1H3,(H,11,12). The van der Waals surface area contributed by atoms with Crippen LogP contribution < -0.4 is 0 Å². The van der Waals surface area contributed by atoms with Crippen LogP contribution in [0.2, 0.25) is 0 Å². The van der Waals surface area contributed by atoms with E-state index >= 15 is 0 Å². The summed E-state index contributed by atoms with van der Waals surface area (Å²) in [6.45, 7) is 0.177. The summed E-state index contributed by atoms with van der Waals surface area (Å²) in [5.74, 6) is -0.550. The molecular formula is C7H10ClNO4. The fraction of sp³-hybridized carbons (Fsp3) is 0.714. The van der Waals surface area contributed by atoms with Crippen LogP contribution in [-0.2, 0) is 9.53 Å². The molecule has 74 valence electrons. The third-order valence-corrected chi connectivity index (χ3v) is 2.29. The van der Waals surface area contributed by atoms with Crippen LogP contribution in [0, 0.1) is 0 Å². The number of alkyl halides is 1. The highest BCUT2D eigenvalue weighted by Crippen LogP contribution is 2.22. The number of carbonyl (C=O) groups excluding carboxylic acids is 1. The highest BCUT2D eigenvalue weighted by Gasteiger charge is 2.39. The average Bonchev–Trinajstić information content (AvgIpc) is 2.46. The molecule has 0 radical (unpaired) electrons. The second kappa shape index (κ2) is 3.83. The first kappa shape index (κ1) is 10.1. The van der Waals surface area contributed by atoms with Gasteiger partial charge in [-0.1, -0.05) is 0 Å². The lowest BCUT2D eigenvalue weighted by atomic mass is 10.2. The van der Waals surface area contributed by atoms with E-state index in [4.69, 9.17) is 16.7 Å². The van der Waals surface area contributed by atoms with Gasteiger partial charge in [-0.15, -0.1) is 11.6 Å². The molecule has 5 nitrogen and oxygen atoms in total. The number of ether oxygens (including phenoxy) is 1. The number of carbonyl (C=O) groups is 2. The van der Waals surface area contributed by atoms with Gasteiger partial charge in [0.25, 0.3) is 0 Å². The predicted octanol–water partition coefficient (Wildman–Crippen LogP) is 0.519. The minimum Gasteiger partial charge on any atom is -0.467 e. The maximum Gasteiger partial charge on any atom is 0.408 e. The summed E-state index contributed by atoms with van der Waals surface area (Å²) >= 11 is 5.73. The number of hydrogen-bond donors (Lipinski definition) is 1. The molecule has 0 aromatic rings. The van der Waals surface area contributed by atoms with Crippen LogP contribution in [0.1, 0.15) is 6.42 Å². The Morgan fingerprint density at radius 2 is 2.23 bits per heavy atom. The Balaban J connectivity index is 2.71. The number of nitrogens with zero attached hydrogens (tertiary/aromatic N) is 1. The van der Waals surface area contributed by atoms with E-state index in [1.807, 2.05) is 0 Å². The van der Waals surface area contributed by atoms with Crippen LogP contribution in [0.25, 0.3) is 0 Å². The quantitative estimate of drug-likeness (QED) is 0.503. The second-order valence-corrected chi connectivity index (χ2v) is 3.42. The van der Waals surface area contributed by atoms with E-state index in [1.54, 1.807) is 0 Å². The number of hydrogen-bond acceptors (Lipinski definition) is 3. The third-order valence-electron chi connectivity index (χ3n) is 1.97. The zero-order chi connectivity index (χ0) is 10.0. The van der Waals surface area contributed by atoms with Crippen LogP contribution in [0.5, 0.6) is 0 Å². The molecule has 2 atom stereocenters. The van der Waals surface area contributed by atoms with Crippen LogP contribution in [0.4, 0.5) is 4.79 Å². The van der Waals surface area contributed by atoms with Gasteiger partial charge in [-0.2, -0.15) is 0 Å². The summed E-state index contributed by atoms with van der Waals surface area (Å²) in [6.07, 6.45) is -0.820. The number of methoxy groups -OCH3 is 1. The van der Waals surface area contributed by atoms with E-state index in [9.17, 15) is 9.59 Å². The molecule has 0 spiro atoms. The first-order valence-electron chi connectivity index (χ1n) is 3.77. The fourth-order valence-corrected chi connectivity index (χ4v) is 1.67. The van der Waals surface area contributed by atoms with E-state index in [-0.39, 0.29) is 11.9 Å². The van der Waals surface area contributed by atoms with Crippen molar-refractivity contribution < 1.29 is 19.4 Å². The largest absolute Gasteiger partial charge is 0.467 e. The molecule has 1 amide bonds. The molecule has 6 heteroatoms. The van der Waals surface area contributed by atoms with Crippen molar-refractivity contribution in [3.8, 4) is 0 Å². The van der Waals surface area contributed by atoms with Gasteiger partial charge in [-0.05, 0) is 6.42 Å². The van der Waals surface area contributed by atoms with Crippen molar-refractivity contribution in [2.45, 2.75) is 17.8 Å². The smallest absolute Gasteiger partial charge is 0.408 e. The lowest BCUT2D eigenvalue weighted by Gasteiger charge is -2.18. The highest BCUT2D eigenvalue weighted by molar-refractivity contribution is 6.21. The van der Waals surface area contributed by atoms with Crippen molar-refractivity contribution in [1.29, 1.82) is 0 Å². The lowest BCUT2D eigenvalue weighted by molar-refractivity contribution is -0.145. The van der Waals surface area contributed by atoms with Gasteiger partial charge in [0, 0.05) is 6.54 Å². The first-order chi connectivity index (χ1) is 6.06. The summed E-state index contributed by atoms with van der Waals surface area (Å²) in [6, 6.07) is -0.745. The molecule has 0 aromatic carbocycles. The molecule has 0 aromatic heterocycles. The van der Waals surface area contributed by atoms with Gasteiger partial charge >= 0.3 is 12.1 Å². The van der Waals surface area contributed by atoms with Gasteiger partial charge in [-0.3, -0.25) is 4.90 Å². The molecule has 1 N–H and O–H groups in total. The maximum atomic E-state index is 11.1. The van der Waals surface area contributed by atoms with Crippen LogP contribution in [-0.4, -0.2) is 47.1 Å². The van der Waals surface area contributed by atoms with E-state index in [0.717, 1.165) is 4.90 Å². The third kappa shape index (κ3) is 2.03. The van der Waals surface area contributed by atoms with Gasteiger partial charge in [-0.25, -0.2) is 9.59 Å². The molecular weight excluding hydrogens is 198 g/mol. The van der Waals surface area contributed by atoms with E-state index in [0.29, 0.717) is 6.42 Å². The van der Waals surface area contributed by atoms with Crippen LogP contribution >= 0.6 is 11.6 Å². The lowest BCUT2D eigenvalue weighted by Crippen LogP contribution is -2.40. The molecule has 1 saturated heterocycles. The number of esters is 1. The minimum absolute atomic E-state index is 0.177. The molecule has 1 aliphatic rings. The van der Waals surface area contributed by atoms with E-state index in [2.05, 4.69) is 4.74 Å². The fourth-order valence-electron chi connectivity index (χ4n) is 1.36. The molecule has 2 unspecified atom stereocenters. The number of halogens is 1. The highest BCUT2D eigenvalue weighted by atomic mass is 35.5. The van der Waals surface area contributed by atoms with Gasteiger partial charge in [0.05, 0.1) is 12.5 Å². The second-order valence-electron chi connectivity index (χ2n) is 2.81. The molecule has 0 saturated carbocycles. The Bertz CT molecular complexity index is 233. The number of likely N-dealkylation sites (tertiary alicyclic amines) is 1. The molecule has 13 heavy (non-hydrogen) atoms. The van der Waals surface area contributed by atoms with Crippen molar-refractivity contribution in [3.05, 3.63) is 0 Å². The Kier molecular flexibility index (Phi) is 2.98. The number of carboxylic acid groups (broad SMARTS) is 1. The molecule has 1 heterocycles. The first-order valence-corrected chi connectivity index (χ1v) is 4.21. The van der Waals surface area contributed by atoms with E-state index in [1.165, 1.54) is 7.11 Å². The molecule has 0 aliphatic carbocycles. The summed E-state index contributed by atoms with van der Waals surface area (Å²) in [7, 11) is 1.23. The van der Waals surface area contributed by atoms with Crippen LogP contribution in [0.15, 0.2) is 0 Å². The normalized spacial score (nSPS) is 27.4. The average molecular weight is 208 g/mol. The zero-order valence-electron chi connectivity index (χ0n) is 7.07. The zero-order valence-corrected chi connectivity index (χ0v) is 7.82. The SMILES string of the molecule is COC(=O)C1CC(Cl)CN1C(=O)O. The van der Waals surface area contributed by atoms with Gasteiger partial charge in [0.2, 0.25) is 0 Å². The van der Waals surface area contributed by atoms with Crippen LogP contribution in [0.3, 0.4) is 0 Å². The monoisotopic (exact) mass is 207 g/mol. The van der Waals surface area contributed by atoms with Crippen molar-refractivity contribution in [1.82, 2.24) is 4.90 Å². The molecule has 0 bridgehead atoms. The van der Waals surface area contributed by atoms with Crippen molar-refractivity contribution in [3.63, 3.8) is 0 Å². The number of rotatable bonds is 1. The summed E-state index contributed by atoms with van der Waals surface area (Å²) in [4.78, 5) is 22.7. The summed E-state index contributed by atoms with van der Waals surface area (Å²) in [5, 5.41) is 8.40. The van der Waals surface area contributed by atoms with Crippen molar-refractivity contribution in [2.24, 2.45) is 0 Å². The van der Waals surface area contributed by atoms with Gasteiger partial charge < -0.3 is 9.84 Å². The Labute approximate surface area is 80.2 Å². The van der Waals surface area contributed by atoms with Crippen molar-refractivity contribution >= 4 is 23.7 Å². The minimum atomic E-state index is -1.14. The molecule has 1 aliphatic heterocycles. The predicted molar refractivity (Wildman–Crippen MR) is 44.8 cm³/mol. The topological polar surface area (TPSA) is 66.8 Å². The maximum absolute atomic E-state index is 11.1. The Morgan fingerprint density at radius 1 is 1.62 bits per heavy atom. The number of amides is 1. The van der Waals surface area contributed by atoms with E-state index < -0.39 is 18.1 Å². The van der Waals surface area contributed by atoms with Gasteiger partial charge in [0.1, 0.15) is 6.04 Å². The summed E-state index contributed by atoms with van der Waals surface area (Å²) in [5.41, 5.74) is 0. The molecule has 1 fully saturated rings. The van der Waals surface area contributed by atoms with Gasteiger partial charge in [0.15, 0.2) is 0 Å². The Morgan fingerprint density at radius 3 is 2.69 bits per heavy atom. The summed E-state index contributed by atoms with van der Waals surface area (Å²) < 4.78 is 4.46. The molecule has 1 rings (SSSR count). The van der Waals surface area contributed by atoms with Crippen molar-refractivity contribution in [2.75, 3.05) is 13.7 Å².